The normalized spacial score (nSPS) is 15.4. The summed E-state index contributed by atoms with van der Waals surface area (Å²) in [5, 5.41) is 26.3. The second-order valence-corrected chi connectivity index (χ2v) is 3.05. The van der Waals surface area contributed by atoms with E-state index >= 15 is 0 Å². The van der Waals surface area contributed by atoms with Gasteiger partial charge in [0.1, 0.15) is 12.2 Å². The van der Waals surface area contributed by atoms with Crippen LogP contribution in [0.2, 0.25) is 0 Å². The molecule has 0 spiro atoms. The largest absolute Gasteiger partial charge is 0.394 e. The first-order valence-electron chi connectivity index (χ1n) is 4.83. The number of aliphatic hydroxyl groups excluding tert-OH is 3. The molecule has 0 radical (unpaired) electrons. The Morgan fingerprint density at radius 2 is 1.86 bits per heavy atom. The zero-order valence-corrected chi connectivity index (χ0v) is 8.56. The van der Waals surface area contributed by atoms with Gasteiger partial charge in [-0.15, -0.1) is 0 Å². The standard InChI is InChI=1S/C9H20O5/c1-2-3-13-7-9(5-11)14-6-8(12)4-10/h8-12H,2-7H2,1H3. The van der Waals surface area contributed by atoms with Crippen LogP contribution in [-0.2, 0) is 9.47 Å². The van der Waals surface area contributed by atoms with E-state index in [4.69, 9.17) is 24.8 Å². The summed E-state index contributed by atoms with van der Waals surface area (Å²) < 4.78 is 10.3. The van der Waals surface area contributed by atoms with Crippen LogP contribution in [0.1, 0.15) is 13.3 Å². The molecule has 0 aliphatic heterocycles. The highest BCUT2D eigenvalue weighted by atomic mass is 16.5. The van der Waals surface area contributed by atoms with E-state index < -0.39 is 12.2 Å². The van der Waals surface area contributed by atoms with Crippen LogP contribution < -0.4 is 0 Å². The van der Waals surface area contributed by atoms with Gasteiger partial charge in [0.25, 0.3) is 0 Å². The molecule has 0 heterocycles. The Kier molecular flexibility index (Phi) is 9.23. The average molecular weight is 208 g/mol. The summed E-state index contributed by atoms with van der Waals surface area (Å²) in [7, 11) is 0. The summed E-state index contributed by atoms with van der Waals surface area (Å²) in [6.07, 6.45) is -0.407. The highest BCUT2D eigenvalue weighted by molar-refractivity contribution is 4.57. The van der Waals surface area contributed by atoms with Crippen molar-refractivity contribution in [2.75, 3.05) is 33.0 Å². The highest BCUT2D eigenvalue weighted by Gasteiger charge is 2.10. The van der Waals surface area contributed by atoms with Crippen LogP contribution in [0.4, 0.5) is 0 Å². The van der Waals surface area contributed by atoms with Crippen LogP contribution in [0, 0.1) is 0 Å². The molecule has 0 aromatic rings. The van der Waals surface area contributed by atoms with Crippen molar-refractivity contribution in [2.24, 2.45) is 0 Å². The lowest BCUT2D eigenvalue weighted by Crippen LogP contribution is -2.29. The van der Waals surface area contributed by atoms with Gasteiger partial charge >= 0.3 is 0 Å². The topological polar surface area (TPSA) is 79.2 Å². The van der Waals surface area contributed by atoms with Crippen molar-refractivity contribution in [1.29, 1.82) is 0 Å². The van der Waals surface area contributed by atoms with E-state index in [0.29, 0.717) is 13.2 Å². The minimum absolute atomic E-state index is 0.0111. The molecule has 2 unspecified atom stereocenters. The number of ether oxygens (including phenoxy) is 2. The molecule has 0 fully saturated rings. The van der Waals surface area contributed by atoms with Gasteiger partial charge in [0.05, 0.1) is 26.4 Å². The molecule has 0 rings (SSSR count). The monoisotopic (exact) mass is 208 g/mol. The van der Waals surface area contributed by atoms with Crippen molar-refractivity contribution in [3.05, 3.63) is 0 Å². The van der Waals surface area contributed by atoms with Crippen molar-refractivity contribution < 1.29 is 24.8 Å². The SMILES string of the molecule is CCCOCC(CO)OCC(O)CO. The van der Waals surface area contributed by atoms with E-state index in [-0.39, 0.29) is 19.8 Å². The molecule has 5 nitrogen and oxygen atoms in total. The third-order valence-electron chi connectivity index (χ3n) is 1.59. The Balaban J connectivity index is 3.47. The van der Waals surface area contributed by atoms with Gasteiger partial charge < -0.3 is 24.8 Å². The summed E-state index contributed by atoms with van der Waals surface area (Å²) in [5.41, 5.74) is 0. The molecule has 86 valence electrons. The fourth-order valence-corrected chi connectivity index (χ4v) is 0.813. The first kappa shape index (κ1) is 13.8. The van der Waals surface area contributed by atoms with Gasteiger partial charge in [0.15, 0.2) is 0 Å². The predicted octanol–water partition coefficient (Wildman–Crippen LogP) is -0.856. The van der Waals surface area contributed by atoms with E-state index in [2.05, 4.69) is 0 Å². The molecule has 0 aromatic carbocycles. The fraction of sp³-hybridized carbons (Fsp3) is 1.00. The number of aliphatic hydroxyl groups is 3. The van der Waals surface area contributed by atoms with Gasteiger partial charge in [0.2, 0.25) is 0 Å². The highest BCUT2D eigenvalue weighted by Crippen LogP contribution is 1.95. The number of hydrogen-bond acceptors (Lipinski definition) is 5. The van der Waals surface area contributed by atoms with Crippen molar-refractivity contribution in [2.45, 2.75) is 25.6 Å². The van der Waals surface area contributed by atoms with Gasteiger partial charge in [0, 0.05) is 6.61 Å². The molecule has 0 saturated heterocycles. The van der Waals surface area contributed by atoms with E-state index in [1.165, 1.54) is 0 Å². The number of rotatable bonds is 9. The lowest BCUT2D eigenvalue weighted by molar-refractivity contribution is -0.0761. The van der Waals surface area contributed by atoms with Crippen molar-refractivity contribution >= 4 is 0 Å². The summed E-state index contributed by atoms with van der Waals surface area (Å²) >= 11 is 0. The van der Waals surface area contributed by atoms with Crippen LogP contribution in [0.15, 0.2) is 0 Å². The van der Waals surface area contributed by atoms with Crippen molar-refractivity contribution in [3.8, 4) is 0 Å². The third-order valence-corrected chi connectivity index (χ3v) is 1.59. The first-order chi connectivity index (χ1) is 6.74. The maximum atomic E-state index is 8.98. The van der Waals surface area contributed by atoms with E-state index in [0.717, 1.165) is 6.42 Å². The molecule has 0 aliphatic rings. The molecule has 0 saturated carbocycles. The van der Waals surface area contributed by atoms with Crippen LogP contribution in [0.5, 0.6) is 0 Å². The summed E-state index contributed by atoms with van der Waals surface area (Å²) in [6.45, 7) is 2.45. The Labute approximate surface area is 84.3 Å². The Hall–Kier alpha value is -0.200. The maximum absolute atomic E-state index is 8.98. The van der Waals surface area contributed by atoms with E-state index in [1.807, 2.05) is 6.92 Å². The molecule has 2 atom stereocenters. The van der Waals surface area contributed by atoms with Gasteiger partial charge in [-0.2, -0.15) is 0 Å². The molecule has 0 aromatic heterocycles. The summed E-state index contributed by atoms with van der Waals surface area (Å²) in [5.74, 6) is 0. The van der Waals surface area contributed by atoms with Crippen molar-refractivity contribution in [3.63, 3.8) is 0 Å². The van der Waals surface area contributed by atoms with Crippen LogP contribution in [0.25, 0.3) is 0 Å². The minimum Gasteiger partial charge on any atom is -0.394 e. The van der Waals surface area contributed by atoms with E-state index in [9.17, 15) is 0 Å². The summed E-state index contributed by atoms with van der Waals surface area (Å²) in [6, 6.07) is 0. The molecular formula is C9H20O5. The molecule has 0 amide bonds. The average Bonchev–Trinajstić information content (AvgIpc) is 2.22. The minimum atomic E-state index is -0.893. The third kappa shape index (κ3) is 7.23. The van der Waals surface area contributed by atoms with Crippen LogP contribution in [0.3, 0.4) is 0 Å². The lowest BCUT2D eigenvalue weighted by Gasteiger charge is -2.17. The summed E-state index contributed by atoms with van der Waals surface area (Å²) in [4.78, 5) is 0. The van der Waals surface area contributed by atoms with Gasteiger partial charge in [-0.25, -0.2) is 0 Å². The Morgan fingerprint density at radius 3 is 2.36 bits per heavy atom. The predicted molar refractivity (Wildman–Crippen MR) is 51.0 cm³/mol. The fourth-order valence-electron chi connectivity index (χ4n) is 0.813. The van der Waals surface area contributed by atoms with Gasteiger partial charge in [-0.1, -0.05) is 6.92 Å². The molecule has 0 aliphatic carbocycles. The van der Waals surface area contributed by atoms with Crippen LogP contribution >= 0.6 is 0 Å². The zero-order valence-electron chi connectivity index (χ0n) is 8.56. The van der Waals surface area contributed by atoms with Gasteiger partial charge in [-0.3, -0.25) is 0 Å². The maximum Gasteiger partial charge on any atom is 0.104 e. The second-order valence-electron chi connectivity index (χ2n) is 3.05. The Bertz CT molecular complexity index is 120. The molecule has 5 heteroatoms. The van der Waals surface area contributed by atoms with Crippen molar-refractivity contribution in [1.82, 2.24) is 0 Å². The Morgan fingerprint density at radius 1 is 1.14 bits per heavy atom. The number of hydrogen-bond donors (Lipinski definition) is 3. The van der Waals surface area contributed by atoms with Crippen LogP contribution in [-0.4, -0.2) is 60.6 Å². The van der Waals surface area contributed by atoms with Gasteiger partial charge in [-0.05, 0) is 6.42 Å². The molecule has 0 bridgehead atoms. The zero-order chi connectivity index (χ0) is 10.8. The quantitative estimate of drug-likeness (QED) is 0.430. The molecule has 14 heavy (non-hydrogen) atoms. The smallest absolute Gasteiger partial charge is 0.104 e. The second kappa shape index (κ2) is 9.36. The molecule has 3 N–H and O–H groups in total. The van der Waals surface area contributed by atoms with E-state index in [1.54, 1.807) is 0 Å². The molecular weight excluding hydrogens is 188 g/mol. The first-order valence-corrected chi connectivity index (χ1v) is 4.83. The lowest BCUT2D eigenvalue weighted by atomic mass is 10.3.